The van der Waals surface area contributed by atoms with E-state index < -0.39 is 34.3 Å². The molecule has 0 fully saturated rings. The summed E-state index contributed by atoms with van der Waals surface area (Å²) in [7, 11) is -4.33. The van der Waals surface area contributed by atoms with Gasteiger partial charge in [-0.05, 0) is 49.2 Å². The Kier molecular flexibility index (Phi) is 10.3. The number of benzene rings is 3. The van der Waals surface area contributed by atoms with Gasteiger partial charge in [-0.3, -0.25) is 13.9 Å². The normalized spacial score (nSPS) is 12.0. The number of para-hydroxylation sites is 1. The highest BCUT2D eigenvalue weighted by Crippen LogP contribution is 2.27. The Balaban J connectivity index is 2.01. The third kappa shape index (κ3) is 7.11. The molecule has 10 heteroatoms. The number of nitrogens with one attached hydrogen (secondary N) is 1. The first kappa shape index (κ1) is 29.1. The van der Waals surface area contributed by atoms with Gasteiger partial charge < -0.3 is 10.2 Å². The van der Waals surface area contributed by atoms with Gasteiger partial charge >= 0.3 is 0 Å². The molecule has 0 aliphatic heterocycles. The van der Waals surface area contributed by atoms with Gasteiger partial charge in [0.25, 0.3) is 10.0 Å². The van der Waals surface area contributed by atoms with Crippen LogP contribution in [0.3, 0.4) is 0 Å². The first-order valence-corrected chi connectivity index (χ1v) is 14.1. The highest BCUT2D eigenvalue weighted by atomic mass is 35.5. The Labute approximate surface area is 228 Å². The molecular formula is C28H31ClFN3O4S. The maximum absolute atomic E-state index is 14.9. The number of carbonyl (C=O) groups excluding carboxylic acids is 2. The molecule has 202 valence electrons. The van der Waals surface area contributed by atoms with Crippen molar-refractivity contribution in [2.24, 2.45) is 0 Å². The predicted octanol–water partition coefficient (Wildman–Crippen LogP) is 5.01. The molecule has 3 aromatic rings. The van der Waals surface area contributed by atoms with E-state index in [1.54, 1.807) is 49.4 Å². The van der Waals surface area contributed by atoms with Gasteiger partial charge in [-0.25, -0.2) is 12.8 Å². The monoisotopic (exact) mass is 559 g/mol. The van der Waals surface area contributed by atoms with Crippen LogP contribution in [0.2, 0.25) is 5.02 Å². The Hall–Kier alpha value is -3.43. The summed E-state index contributed by atoms with van der Waals surface area (Å²) in [4.78, 5) is 27.9. The lowest BCUT2D eigenvalue weighted by Gasteiger charge is -2.32. The smallest absolute Gasteiger partial charge is 0.264 e. The number of unbranched alkanes of at least 4 members (excludes halogenated alkanes) is 1. The summed E-state index contributed by atoms with van der Waals surface area (Å²) in [5.74, 6) is -1.88. The van der Waals surface area contributed by atoms with Gasteiger partial charge in [0.2, 0.25) is 11.8 Å². The van der Waals surface area contributed by atoms with E-state index in [1.165, 1.54) is 35.2 Å². The zero-order valence-electron chi connectivity index (χ0n) is 21.3. The highest BCUT2D eigenvalue weighted by molar-refractivity contribution is 7.92. The molecule has 1 atom stereocenters. The Morgan fingerprint density at radius 1 is 0.974 bits per heavy atom. The van der Waals surface area contributed by atoms with Crippen LogP contribution in [-0.2, 0) is 26.2 Å². The Bertz CT molecular complexity index is 1350. The van der Waals surface area contributed by atoms with Crippen LogP contribution in [0, 0.1) is 5.82 Å². The summed E-state index contributed by atoms with van der Waals surface area (Å²) in [6.07, 6.45) is 1.65. The molecule has 38 heavy (non-hydrogen) atoms. The predicted molar refractivity (Wildman–Crippen MR) is 147 cm³/mol. The molecule has 3 aromatic carbocycles. The minimum absolute atomic E-state index is 0.0443. The molecule has 0 unspecified atom stereocenters. The van der Waals surface area contributed by atoms with E-state index in [2.05, 4.69) is 5.32 Å². The van der Waals surface area contributed by atoms with Crippen LogP contribution in [0.4, 0.5) is 10.1 Å². The van der Waals surface area contributed by atoms with Gasteiger partial charge in [-0.15, -0.1) is 0 Å². The average Bonchev–Trinajstić information content (AvgIpc) is 2.91. The number of hydrogen-bond acceptors (Lipinski definition) is 4. The van der Waals surface area contributed by atoms with Crippen LogP contribution >= 0.6 is 11.6 Å². The van der Waals surface area contributed by atoms with Gasteiger partial charge in [-0.1, -0.05) is 73.5 Å². The number of halogens is 2. The summed E-state index contributed by atoms with van der Waals surface area (Å²) < 4.78 is 42.9. The summed E-state index contributed by atoms with van der Waals surface area (Å²) in [6.45, 7) is 3.23. The lowest BCUT2D eigenvalue weighted by atomic mass is 10.1. The van der Waals surface area contributed by atoms with Crippen LogP contribution in [0.5, 0.6) is 0 Å². The fraction of sp³-hybridized carbons (Fsp3) is 0.286. The molecule has 0 saturated heterocycles. The fourth-order valence-electron chi connectivity index (χ4n) is 3.82. The van der Waals surface area contributed by atoms with E-state index in [4.69, 9.17) is 11.6 Å². The van der Waals surface area contributed by atoms with Gasteiger partial charge in [0.05, 0.1) is 10.6 Å². The first-order valence-electron chi connectivity index (χ1n) is 12.3. The van der Waals surface area contributed by atoms with Gasteiger partial charge in [-0.2, -0.15) is 0 Å². The zero-order valence-corrected chi connectivity index (χ0v) is 22.9. The molecule has 2 amide bonds. The number of rotatable bonds is 12. The molecular weight excluding hydrogens is 529 g/mol. The van der Waals surface area contributed by atoms with Crippen molar-refractivity contribution in [3.8, 4) is 0 Å². The fourth-order valence-corrected chi connectivity index (χ4v) is 5.45. The van der Waals surface area contributed by atoms with Crippen molar-refractivity contribution in [1.29, 1.82) is 0 Å². The highest BCUT2D eigenvalue weighted by Gasteiger charge is 2.33. The number of hydrogen-bond donors (Lipinski definition) is 1. The third-order valence-electron chi connectivity index (χ3n) is 6.03. The molecule has 0 aliphatic carbocycles. The van der Waals surface area contributed by atoms with Crippen LogP contribution in [-0.4, -0.2) is 44.3 Å². The van der Waals surface area contributed by atoms with Gasteiger partial charge in [0.15, 0.2) is 0 Å². The molecule has 0 bridgehead atoms. The van der Waals surface area contributed by atoms with E-state index in [0.717, 1.165) is 23.2 Å². The van der Waals surface area contributed by atoms with E-state index in [0.29, 0.717) is 17.1 Å². The van der Waals surface area contributed by atoms with Crippen molar-refractivity contribution in [3.05, 3.63) is 95.3 Å². The van der Waals surface area contributed by atoms with Crippen molar-refractivity contribution >= 4 is 39.1 Å². The molecule has 0 aliphatic rings. The number of carbonyl (C=O) groups is 2. The van der Waals surface area contributed by atoms with Gasteiger partial charge in [0.1, 0.15) is 18.4 Å². The molecule has 7 nitrogen and oxygen atoms in total. The third-order valence-corrected chi connectivity index (χ3v) is 8.17. The summed E-state index contributed by atoms with van der Waals surface area (Å²) in [5.41, 5.74) is 0.307. The second-order valence-electron chi connectivity index (χ2n) is 8.71. The van der Waals surface area contributed by atoms with E-state index in [-0.39, 0.29) is 23.0 Å². The topological polar surface area (TPSA) is 86.8 Å². The molecule has 0 saturated carbocycles. The average molecular weight is 560 g/mol. The van der Waals surface area contributed by atoms with Crippen molar-refractivity contribution in [2.75, 3.05) is 17.4 Å². The molecule has 1 N–H and O–H groups in total. The lowest BCUT2D eigenvalue weighted by molar-refractivity contribution is -0.139. The minimum atomic E-state index is -4.33. The number of sulfonamides is 1. The van der Waals surface area contributed by atoms with E-state index in [9.17, 15) is 22.4 Å². The van der Waals surface area contributed by atoms with Crippen LogP contribution < -0.4 is 9.62 Å². The number of nitrogens with zero attached hydrogens (tertiary/aromatic N) is 2. The second-order valence-corrected chi connectivity index (χ2v) is 11.0. The minimum Gasteiger partial charge on any atom is -0.354 e. The van der Waals surface area contributed by atoms with E-state index >= 15 is 0 Å². The van der Waals surface area contributed by atoms with Crippen molar-refractivity contribution in [2.45, 2.75) is 44.2 Å². The summed E-state index contributed by atoms with van der Waals surface area (Å²) in [6, 6.07) is 18.8. The molecule has 0 radical (unpaired) electrons. The molecule has 0 spiro atoms. The molecule has 3 rings (SSSR count). The quantitative estimate of drug-likeness (QED) is 0.316. The standard InChI is InChI=1S/C28H31ClFN3O4S/c1-3-4-18-31-28(35)21(2)32(19-22-12-8-9-15-24(22)29)27(34)20-33(26-17-11-10-16-25(26)30)38(36,37)23-13-6-5-7-14-23/h5-17,21H,3-4,18-20H2,1-2H3,(H,31,35)/t21-/m0/s1. The first-order chi connectivity index (χ1) is 18.2. The van der Waals surface area contributed by atoms with Crippen LogP contribution in [0.15, 0.2) is 83.8 Å². The van der Waals surface area contributed by atoms with Crippen molar-refractivity contribution < 1.29 is 22.4 Å². The summed E-state index contributed by atoms with van der Waals surface area (Å²) >= 11 is 6.34. The summed E-state index contributed by atoms with van der Waals surface area (Å²) in [5, 5.41) is 3.21. The Morgan fingerprint density at radius 2 is 1.61 bits per heavy atom. The Morgan fingerprint density at radius 3 is 2.26 bits per heavy atom. The second kappa shape index (κ2) is 13.4. The van der Waals surface area contributed by atoms with Crippen molar-refractivity contribution in [1.82, 2.24) is 10.2 Å². The number of amides is 2. The SMILES string of the molecule is CCCCNC(=O)[C@H](C)N(Cc1ccccc1Cl)C(=O)CN(c1ccccc1F)S(=O)(=O)c1ccccc1. The van der Waals surface area contributed by atoms with Crippen molar-refractivity contribution in [3.63, 3.8) is 0 Å². The van der Waals surface area contributed by atoms with E-state index in [1.807, 2.05) is 6.92 Å². The maximum Gasteiger partial charge on any atom is 0.264 e. The van der Waals surface area contributed by atoms with Gasteiger partial charge in [0, 0.05) is 18.1 Å². The maximum atomic E-state index is 14.9. The number of anilines is 1. The molecule has 0 heterocycles. The van der Waals surface area contributed by atoms with Crippen LogP contribution in [0.1, 0.15) is 32.3 Å². The zero-order chi connectivity index (χ0) is 27.7. The lowest BCUT2D eigenvalue weighted by Crippen LogP contribution is -2.51. The largest absolute Gasteiger partial charge is 0.354 e. The van der Waals surface area contributed by atoms with Crippen LogP contribution in [0.25, 0.3) is 0 Å². The molecule has 0 aromatic heterocycles.